The van der Waals surface area contributed by atoms with Crippen LogP contribution in [0, 0.1) is 6.92 Å². The van der Waals surface area contributed by atoms with Crippen LogP contribution >= 0.6 is 0 Å². The summed E-state index contributed by atoms with van der Waals surface area (Å²) in [6, 6.07) is 6.01. The highest BCUT2D eigenvalue weighted by atomic mass is 16.5. The average molecular weight is 291 g/mol. The summed E-state index contributed by atoms with van der Waals surface area (Å²) in [5, 5.41) is 0. The molecule has 1 amide bonds. The van der Waals surface area contributed by atoms with Crippen molar-refractivity contribution < 1.29 is 9.53 Å². The quantitative estimate of drug-likeness (QED) is 0.904. The van der Waals surface area contributed by atoms with E-state index in [4.69, 9.17) is 10.5 Å². The Hall–Kier alpha value is -1.59. The Balaban J connectivity index is 1.98. The Morgan fingerprint density at radius 3 is 2.57 bits per heavy atom. The summed E-state index contributed by atoms with van der Waals surface area (Å²) in [5.41, 5.74) is 8.59. The van der Waals surface area contributed by atoms with Crippen molar-refractivity contribution in [3.63, 3.8) is 0 Å². The van der Waals surface area contributed by atoms with Crippen LogP contribution in [0.1, 0.15) is 24.1 Å². The predicted molar refractivity (Wildman–Crippen MR) is 83.4 cm³/mol. The van der Waals surface area contributed by atoms with Gasteiger partial charge in [-0.25, -0.2) is 0 Å². The Kier molecular flexibility index (Phi) is 5.20. The van der Waals surface area contributed by atoms with Crippen molar-refractivity contribution in [2.24, 2.45) is 5.73 Å². The van der Waals surface area contributed by atoms with Gasteiger partial charge in [-0.15, -0.1) is 0 Å². The molecule has 1 atom stereocenters. The zero-order valence-electron chi connectivity index (χ0n) is 13.1. The van der Waals surface area contributed by atoms with Gasteiger partial charge in [0.2, 0.25) is 5.91 Å². The molecule has 0 saturated carbocycles. The van der Waals surface area contributed by atoms with Crippen LogP contribution in [0.25, 0.3) is 0 Å². The predicted octanol–water partition coefficient (Wildman–Crippen LogP) is 1.17. The molecule has 2 rings (SSSR count). The lowest BCUT2D eigenvalue weighted by Crippen LogP contribution is -2.49. The highest BCUT2D eigenvalue weighted by Crippen LogP contribution is 2.25. The Labute approximate surface area is 126 Å². The smallest absolute Gasteiger partial charge is 0.219 e. The second kappa shape index (κ2) is 6.91. The molecule has 0 bridgehead atoms. The molecule has 116 valence electrons. The molecule has 1 aliphatic heterocycles. The van der Waals surface area contributed by atoms with Crippen LogP contribution in [0.3, 0.4) is 0 Å². The van der Waals surface area contributed by atoms with E-state index in [-0.39, 0.29) is 11.9 Å². The van der Waals surface area contributed by atoms with Gasteiger partial charge in [-0.1, -0.05) is 17.7 Å². The second-order valence-electron chi connectivity index (χ2n) is 5.66. The van der Waals surface area contributed by atoms with Gasteiger partial charge in [0.25, 0.3) is 0 Å². The van der Waals surface area contributed by atoms with Crippen LogP contribution < -0.4 is 10.5 Å². The molecule has 1 fully saturated rings. The largest absolute Gasteiger partial charge is 0.496 e. The van der Waals surface area contributed by atoms with Crippen LogP contribution in [0.4, 0.5) is 0 Å². The van der Waals surface area contributed by atoms with E-state index in [0.717, 1.165) is 44.0 Å². The van der Waals surface area contributed by atoms with Gasteiger partial charge in [0.05, 0.1) is 7.11 Å². The van der Waals surface area contributed by atoms with Gasteiger partial charge in [-0.3, -0.25) is 9.69 Å². The van der Waals surface area contributed by atoms with Crippen LogP contribution in [0.5, 0.6) is 5.75 Å². The van der Waals surface area contributed by atoms with Crippen LogP contribution in [-0.4, -0.2) is 55.5 Å². The average Bonchev–Trinajstić information content (AvgIpc) is 2.47. The first kappa shape index (κ1) is 15.8. The molecule has 0 aromatic heterocycles. The highest BCUT2D eigenvalue weighted by Gasteiger charge is 2.21. The van der Waals surface area contributed by atoms with Crippen molar-refractivity contribution in [2.75, 3.05) is 39.8 Å². The van der Waals surface area contributed by atoms with Gasteiger partial charge in [0, 0.05) is 51.3 Å². The van der Waals surface area contributed by atoms with E-state index in [1.54, 1.807) is 14.0 Å². The fourth-order valence-electron chi connectivity index (χ4n) is 2.77. The van der Waals surface area contributed by atoms with E-state index >= 15 is 0 Å². The van der Waals surface area contributed by atoms with Crippen LogP contribution in [0.2, 0.25) is 0 Å². The summed E-state index contributed by atoms with van der Waals surface area (Å²) in [6.07, 6.45) is 0. The molecule has 0 aliphatic carbocycles. The molecule has 5 nitrogen and oxygen atoms in total. The molecule has 1 aliphatic rings. The zero-order chi connectivity index (χ0) is 15.4. The standard InChI is InChI=1S/C16H25N3O2/c1-12-4-5-16(21-3)14(10-12)15(17)11-18-6-8-19(9-7-18)13(2)20/h4-5,10,15H,6-9,11,17H2,1-3H3. The Morgan fingerprint density at radius 1 is 1.33 bits per heavy atom. The lowest BCUT2D eigenvalue weighted by atomic mass is 10.0. The molecule has 0 spiro atoms. The number of nitrogens with zero attached hydrogens (tertiary/aromatic N) is 2. The van der Waals surface area contributed by atoms with Crippen molar-refractivity contribution >= 4 is 5.91 Å². The van der Waals surface area contributed by atoms with Gasteiger partial charge in [-0.2, -0.15) is 0 Å². The number of hydrogen-bond acceptors (Lipinski definition) is 4. The van der Waals surface area contributed by atoms with E-state index in [0.29, 0.717) is 0 Å². The van der Waals surface area contributed by atoms with Crippen molar-refractivity contribution in [2.45, 2.75) is 19.9 Å². The summed E-state index contributed by atoms with van der Waals surface area (Å²) in [6.45, 7) is 7.79. The maximum absolute atomic E-state index is 11.3. The van der Waals surface area contributed by atoms with Gasteiger partial charge >= 0.3 is 0 Å². The summed E-state index contributed by atoms with van der Waals surface area (Å²) in [4.78, 5) is 15.5. The molecule has 1 saturated heterocycles. The third-order valence-electron chi connectivity index (χ3n) is 4.06. The molecule has 21 heavy (non-hydrogen) atoms. The number of aryl methyl sites for hydroxylation is 1. The van der Waals surface area contributed by atoms with Crippen molar-refractivity contribution in [3.8, 4) is 5.75 Å². The monoisotopic (exact) mass is 291 g/mol. The minimum Gasteiger partial charge on any atom is -0.496 e. The number of benzene rings is 1. The summed E-state index contributed by atoms with van der Waals surface area (Å²) in [7, 11) is 1.67. The Morgan fingerprint density at radius 2 is 2.00 bits per heavy atom. The van der Waals surface area contributed by atoms with Gasteiger partial charge < -0.3 is 15.4 Å². The number of piperazine rings is 1. The number of methoxy groups -OCH3 is 1. The minimum absolute atomic E-state index is 0.0799. The zero-order valence-corrected chi connectivity index (χ0v) is 13.1. The van der Waals surface area contributed by atoms with E-state index in [1.807, 2.05) is 17.0 Å². The number of carbonyl (C=O) groups excluding carboxylic acids is 1. The summed E-state index contributed by atoms with van der Waals surface area (Å²) < 4.78 is 5.41. The molecule has 1 unspecified atom stereocenters. The molecular weight excluding hydrogens is 266 g/mol. The maximum atomic E-state index is 11.3. The number of rotatable bonds is 4. The van der Waals surface area contributed by atoms with Crippen molar-refractivity contribution in [3.05, 3.63) is 29.3 Å². The van der Waals surface area contributed by atoms with E-state index < -0.39 is 0 Å². The maximum Gasteiger partial charge on any atom is 0.219 e. The van der Waals surface area contributed by atoms with Crippen molar-refractivity contribution in [1.29, 1.82) is 0 Å². The molecule has 1 aromatic rings. The molecule has 1 aromatic carbocycles. The fourth-order valence-corrected chi connectivity index (χ4v) is 2.77. The lowest BCUT2D eigenvalue weighted by Gasteiger charge is -2.35. The first-order chi connectivity index (χ1) is 10.0. The second-order valence-corrected chi connectivity index (χ2v) is 5.66. The molecule has 5 heteroatoms. The first-order valence-electron chi connectivity index (χ1n) is 7.39. The molecular formula is C16H25N3O2. The SMILES string of the molecule is COc1ccc(C)cc1C(N)CN1CCN(C(C)=O)CC1. The van der Waals surface area contributed by atoms with E-state index in [1.165, 1.54) is 5.56 Å². The van der Waals surface area contributed by atoms with Gasteiger partial charge in [-0.05, 0) is 13.0 Å². The molecule has 0 radical (unpaired) electrons. The number of ether oxygens (including phenoxy) is 1. The minimum atomic E-state index is -0.0799. The van der Waals surface area contributed by atoms with Crippen LogP contribution in [-0.2, 0) is 4.79 Å². The number of nitrogens with two attached hydrogens (primary N) is 1. The van der Waals surface area contributed by atoms with Gasteiger partial charge in [0.15, 0.2) is 0 Å². The van der Waals surface area contributed by atoms with Crippen molar-refractivity contribution in [1.82, 2.24) is 9.80 Å². The first-order valence-corrected chi connectivity index (χ1v) is 7.39. The summed E-state index contributed by atoms with van der Waals surface area (Å²) >= 11 is 0. The lowest BCUT2D eigenvalue weighted by molar-refractivity contribution is -0.130. The normalized spacial score (nSPS) is 17.6. The highest BCUT2D eigenvalue weighted by molar-refractivity contribution is 5.73. The number of hydrogen-bond donors (Lipinski definition) is 1. The fraction of sp³-hybridized carbons (Fsp3) is 0.562. The third-order valence-corrected chi connectivity index (χ3v) is 4.06. The number of carbonyl (C=O) groups is 1. The van der Waals surface area contributed by atoms with Crippen LogP contribution in [0.15, 0.2) is 18.2 Å². The number of amides is 1. The Bertz CT molecular complexity index is 496. The third kappa shape index (κ3) is 3.95. The molecule has 2 N–H and O–H groups in total. The topological polar surface area (TPSA) is 58.8 Å². The summed E-state index contributed by atoms with van der Waals surface area (Å²) in [5.74, 6) is 0.995. The van der Waals surface area contributed by atoms with E-state index in [2.05, 4.69) is 17.9 Å². The van der Waals surface area contributed by atoms with E-state index in [9.17, 15) is 4.79 Å². The molecule has 1 heterocycles. The van der Waals surface area contributed by atoms with Gasteiger partial charge in [0.1, 0.15) is 5.75 Å².